The maximum atomic E-state index is 12.7. The second-order valence-electron chi connectivity index (χ2n) is 6.12. The average Bonchev–Trinajstić information content (AvgIpc) is 2.89. The molecule has 0 spiro atoms. The van der Waals surface area contributed by atoms with E-state index in [1.807, 2.05) is 37.3 Å². The quantitative estimate of drug-likeness (QED) is 0.762. The van der Waals surface area contributed by atoms with Crippen LogP contribution in [0.3, 0.4) is 0 Å². The number of benzene rings is 2. The van der Waals surface area contributed by atoms with E-state index in [1.54, 1.807) is 0 Å². The number of hydrogen-bond donors (Lipinski definition) is 0. The Morgan fingerprint density at radius 3 is 2.23 bits per heavy atom. The number of alkyl halides is 3. The van der Waals surface area contributed by atoms with E-state index in [-0.39, 0.29) is 29.8 Å². The summed E-state index contributed by atoms with van der Waals surface area (Å²) in [6.07, 6.45) is -4.73. The van der Waals surface area contributed by atoms with Gasteiger partial charge in [0.2, 0.25) is 11.8 Å². The molecule has 0 radical (unpaired) electrons. The predicted molar refractivity (Wildman–Crippen MR) is 88.6 cm³/mol. The summed E-state index contributed by atoms with van der Waals surface area (Å²) in [5, 5.41) is 0. The Kier molecular flexibility index (Phi) is 4.71. The third kappa shape index (κ3) is 3.71. The number of anilines is 1. The number of ether oxygens (including phenoxy) is 1. The molecule has 1 saturated heterocycles. The highest BCUT2D eigenvalue weighted by molar-refractivity contribution is 6.21. The van der Waals surface area contributed by atoms with Crippen molar-refractivity contribution in [3.8, 4) is 5.75 Å². The van der Waals surface area contributed by atoms with E-state index in [2.05, 4.69) is 4.74 Å². The van der Waals surface area contributed by atoms with Crippen LogP contribution in [0, 0.1) is 5.92 Å². The Balaban J connectivity index is 1.79. The molecule has 4 nitrogen and oxygen atoms in total. The van der Waals surface area contributed by atoms with Gasteiger partial charge in [0.25, 0.3) is 0 Å². The van der Waals surface area contributed by atoms with Crippen molar-refractivity contribution in [3.63, 3.8) is 0 Å². The third-order valence-electron chi connectivity index (χ3n) is 4.44. The van der Waals surface area contributed by atoms with Crippen molar-refractivity contribution >= 4 is 17.5 Å². The largest absolute Gasteiger partial charge is 0.573 e. The topological polar surface area (TPSA) is 46.6 Å². The molecule has 136 valence electrons. The molecular weight excluding hydrogens is 347 g/mol. The fraction of sp³-hybridized carbons (Fsp3) is 0.263. The summed E-state index contributed by atoms with van der Waals surface area (Å²) in [6.45, 7) is 1.88. The number of amides is 2. The average molecular weight is 363 g/mol. The molecule has 0 unspecified atom stereocenters. The predicted octanol–water partition coefficient (Wildman–Crippen LogP) is 4.27. The molecule has 0 bridgehead atoms. The molecule has 2 amide bonds. The minimum Gasteiger partial charge on any atom is -0.406 e. The van der Waals surface area contributed by atoms with Crippen molar-refractivity contribution in [1.82, 2.24) is 0 Å². The highest BCUT2D eigenvalue weighted by Gasteiger charge is 2.42. The van der Waals surface area contributed by atoms with Gasteiger partial charge in [-0.1, -0.05) is 37.3 Å². The second-order valence-corrected chi connectivity index (χ2v) is 6.12. The van der Waals surface area contributed by atoms with E-state index in [0.717, 1.165) is 22.6 Å². The van der Waals surface area contributed by atoms with Crippen LogP contribution >= 0.6 is 0 Å². The molecule has 2 aromatic rings. The maximum Gasteiger partial charge on any atom is 0.573 e. The number of carbonyl (C=O) groups is 2. The van der Waals surface area contributed by atoms with Crippen molar-refractivity contribution in [1.29, 1.82) is 0 Å². The summed E-state index contributed by atoms with van der Waals surface area (Å²) in [5.74, 6) is -1.78. The van der Waals surface area contributed by atoms with Crippen molar-refractivity contribution in [3.05, 3.63) is 60.2 Å². The zero-order chi connectivity index (χ0) is 18.9. The summed E-state index contributed by atoms with van der Waals surface area (Å²) >= 11 is 0. The summed E-state index contributed by atoms with van der Waals surface area (Å²) < 4.78 is 40.5. The van der Waals surface area contributed by atoms with E-state index in [0.29, 0.717) is 0 Å². The smallest absolute Gasteiger partial charge is 0.406 e. The first kappa shape index (κ1) is 18.0. The number of hydrogen-bond acceptors (Lipinski definition) is 3. The fourth-order valence-corrected chi connectivity index (χ4v) is 3.10. The van der Waals surface area contributed by atoms with E-state index < -0.39 is 18.0 Å². The van der Waals surface area contributed by atoms with Gasteiger partial charge in [-0.2, -0.15) is 0 Å². The van der Waals surface area contributed by atoms with Crippen molar-refractivity contribution in [2.45, 2.75) is 25.6 Å². The number of carbonyl (C=O) groups excluding carboxylic acids is 2. The lowest BCUT2D eigenvalue weighted by molar-refractivity contribution is -0.274. The van der Waals surface area contributed by atoms with Crippen LogP contribution in [0.25, 0.3) is 0 Å². The van der Waals surface area contributed by atoms with Crippen molar-refractivity contribution in [2.24, 2.45) is 5.92 Å². The first-order valence-electron chi connectivity index (χ1n) is 8.04. The zero-order valence-corrected chi connectivity index (χ0v) is 13.9. The number of nitrogens with zero attached hydrogens (tertiary/aromatic N) is 1. The third-order valence-corrected chi connectivity index (χ3v) is 4.44. The highest BCUT2D eigenvalue weighted by Crippen LogP contribution is 2.36. The van der Waals surface area contributed by atoms with Crippen LogP contribution in [-0.2, 0) is 9.59 Å². The molecular formula is C19H16F3NO3. The first-order valence-corrected chi connectivity index (χ1v) is 8.04. The van der Waals surface area contributed by atoms with E-state index in [4.69, 9.17) is 0 Å². The SMILES string of the molecule is C[C@H](c1ccccc1)[C@@H]1CC(=O)N(c2ccc(OC(F)(F)F)cc2)C1=O. The monoisotopic (exact) mass is 363 g/mol. The molecule has 0 saturated carbocycles. The summed E-state index contributed by atoms with van der Waals surface area (Å²) in [7, 11) is 0. The van der Waals surface area contributed by atoms with Gasteiger partial charge < -0.3 is 4.74 Å². The number of imide groups is 1. The highest BCUT2D eigenvalue weighted by atomic mass is 19.4. The van der Waals surface area contributed by atoms with Gasteiger partial charge in [0, 0.05) is 6.42 Å². The van der Waals surface area contributed by atoms with Crippen LogP contribution < -0.4 is 9.64 Å². The lowest BCUT2D eigenvalue weighted by Gasteiger charge is -2.19. The molecule has 1 aliphatic heterocycles. The number of halogens is 3. The van der Waals surface area contributed by atoms with E-state index >= 15 is 0 Å². The fourth-order valence-electron chi connectivity index (χ4n) is 3.10. The lowest BCUT2D eigenvalue weighted by atomic mass is 9.86. The summed E-state index contributed by atoms with van der Waals surface area (Å²) in [4.78, 5) is 26.1. The molecule has 7 heteroatoms. The Morgan fingerprint density at radius 1 is 1.04 bits per heavy atom. The minimum atomic E-state index is -4.79. The molecule has 1 fully saturated rings. The van der Waals surface area contributed by atoms with Gasteiger partial charge in [-0.15, -0.1) is 13.2 Å². The minimum absolute atomic E-state index is 0.0652. The van der Waals surface area contributed by atoms with Crippen LogP contribution in [0.5, 0.6) is 5.75 Å². The van der Waals surface area contributed by atoms with Crippen LogP contribution in [0.2, 0.25) is 0 Å². The number of rotatable bonds is 4. The summed E-state index contributed by atoms with van der Waals surface area (Å²) in [6, 6.07) is 14.1. The summed E-state index contributed by atoms with van der Waals surface area (Å²) in [5.41, 5.74) is 1.19. The van der Waals surface area contributed by atoms with Gasteiger partial charge in [0.05, 0.1) is 11.6 Å². The van der Waals surface area contributed by atoms with Gasteiger partial charge in [0.1, 0.15) is 5.75 Å². The molecule has 1 heterocycles. The molecule has 1 aliphatic rings. The van der Waals surface area contributed by atoms with Gasteiger partial charge in [-0.05, 0) is 35.7 Å². The van der Waals surface area contributed by atoms with E-state index in [1.165, 1.54) is 12.1 Å². The van der Waals surface area contributed by atoms with Crippen molar-refractivity contribution < 1.29 is 27.5 Å². The van der Waals surface area contributed by atoms with Crippen LogP contribution in [0.4, 0.5) is 18.9 Å². The van der Waals surface area contributed by atoms with E-state index in [9.17, 15) is 22.8 Å². The molecule has 0 aromatic heterocycles. The lowest BCUT2D eigenvalue weighted by Crippen LogP contribution is -2.31. The Morgan fingerprint density at radius 2 is 1.65 bits per heavy atom. The first-order chi connectivity index (χ1) is 12.3. The Hall–Kier alpha value is -2.83. The van der Waals surface area contributed by atoms with Gasteiger partial charge >= 0.3 is 6.36 Å². The molecule has 3 rings (SSSR count). The standard InChI is InChI=1S/C19H16F3NO3/c1-12(13-5-3-2-4-6-13)16-11-17(24)23(18(16)25)14-7-9-15(10-8-14)26-19(20,21)22/h2-10,12,16H,11H2,1H3/t12-,16+/m1/s1. The second kappa shape index (κ2) is 6.82. The van der Waals surface area contributed by atoms with Crippen LogP contribution in [0.1, 0.15) is 24.8 Å². The van der Waals surface area contributed by atoms with Crippen LogP contribution in [-0.4, -0.2) is 18.2 Å². The molecule has 26 heavy (non-hydrogen) atoms. The van der Waals surface area contributed by atoms with Gasteiger partial charge in [-0.3, -0.25) is 14.5 Å². The molecule has 2 aromatic carbocycles. The zero-order valence-electron chi connectivity index (χ0n) is 13.9. The van der Waals surface area contributed by atoms with Gasteiger partial charge in [0.15, 0.2) is 0 Å². The van der Waals surface area contributed by atoms with Gasteiger partial charge in [-0.25, -0.2) is 0 Å². The molecule has 2 atom stereocenters. The van der Waals surface area contributed by atoms with Crippen LogP contribution in [0.15, 0.2) is 54.6 Å². The molecule has 0 aliphatic carbocycles. The Labute approximate surface area is 148 Å². The normalized spacial score (nSPS) is 18.9. The maximum absolute atomic E-state index is 12.7. The molecule has 0 N–H and O–H groups in total. The Bertz CT molecular complexity index is 803. The van der Waals surface area contributed by atoms with Crippen molar-refractivity contribution in [2.75, 3.05) is 4.90 Å².